The fourth-order valence-corrected chi connectivity index (χ4v) is 7.02. The normalized spacial score (nSPS) is 15.6. The van der Waals surface area contributed by atoms with E-state index in [4.69, 9.17) is 24.7 Å². The number of thiazole rings is 1. The number of hydrogen-bond donors (Lipinski definition) is 2. The van der Waals surface area contributed by atoms with E-state index in [1.807, 2.05) is 36.4 Å². The minimum atomic E-state index is -0.107. The molecule has 4 heterocycles. The van der Waals surface area contributed by atoms with Gasteiger partial charge in [-0.3, -0.25) is 4.79 Å². The van der Waals surface area contributed by atoms with Crippen LogP contribution in [-0.4, -0.2) is 64.9 Å². The Morgan fingerprint density at radius 3 is 2.27 bits per heavy atom. The molecule has 2 aromatic heterocycles. The maximum atomic E-state index is 12.6. The number of rotatable bonds is 9. The Balaban J connectivity index is 1.16. The molecule has 214 valence electrons. The van der Waals surface area contributed by atoms with E-state index in [0.29, 0.717) is 17.4 Å². The predicted octanol–water partition coefficient (Wildman–Crippen LogP) is 5.94. The molecule has 2 aliphatic heterocycles. The lowest BCUT2D eigenvalue weighted by molar-refractivity contribution is -0.113. The predicted molar refractivity (Wildman–Crippen MR) is 167 cm³/mol. The number of nitrogens with zero attached hydrogens (tertiary/aromatic N) is 6. The van der Waals surface area contributed by atoms with E-state index in [9.17, 15) is 4.79 Å². The minimum absolute atomic E-state index is 0.107. The third-order valence-electron chi connectivity index (χ3n) is 7.22. The first kappa shape index (κ1) is 27.5. The fraction of sp³-hybridized carbons (Fsp3) is 0.414. The number of para-hydroxylation sites is 2. The SMILES string of the molecule is COc1ccccc1NC(=O)CSc1nc2ccc(Nc3nc(N4CCCCC4)nc(N4CCCCC4)n3)cc2s1. The summed E-state index contributed by atoms with van der Waals surface area (Å²) in [4.78, 5) is 36.4. The lowest BCUT2D eigenvalue weighted by atomic mass is 10.1. The smallest absolute Gasteiger partial charge is 0.234 e. The molecule has 0 atom stereocenters. The Labute approximate surface area is 247 Å². The molecule has 10 nitrogen and oxygen atoms in total. The molecule has 0 radical (unpaired) electrons. The summed E-state index contributed by atoms with van der Waals surface area (Å²) < 4.78 is 7.19. The van der Waals surface area contributed by atoms with Crippen LogP contribution in [0.4, 0.5) is 29.2 Å². The standard InChI is InChI=1S/C29H34N8O2S2/c1-39-23-11-5-4-10-21(23)31-25(38)19-40-29-32-22-13-12-20(18-24(22)41-29)30-26-33-27(36-14-6-2-7-15-36)35-28(34-26)37-16-8-3-9-17-37/h4-5,10-13,18H,2-3,6-9,14-17,19H2,1H3,(H,31,38)(H,30,33,34,35). The molecule has 6 rings (SSSR count). The summed E-state index contributed by atoms with van der Waals surface area (Å²) >= 11 is 2.99. The third kappa shape index (κ3) is 6.82. The Hall–Kier alpha value is -3.64. The maximum absolute atomic E-state index is 12.6. The molecule has 2 N–H and O–H groups in total. The summed E-state index contributed by atoms with van der Waals surface area (Å²) in [5.41, 5.74) is 2.45. The fourth-order valence-electron chi connectivity index (χ4n) is 5.11. The first-order valence-corrected chi connectivity index (χ1v) is 15.9. The number of thioether (sulfide) groups is 1. The number of fused-ring (bicyclic) bond motifs is 1. The van der Waals surface area contributed by atoms with E-state index in [1.165, 1.54) is 24.6 Å². The average Bonchev–Trinajstić information content (AvgIpc) is 3.43. The molecule has 2 aromatic carbocycles. The summed E-state index contributed by atoms with van der Waals surface area (Å²) in [5, 5.41) is 6.35. The number of aromatic nitrogens is 4. The van der Waals surface area contributed by atoms with Crippen molar-refractivity contribution in [3.8, 4) is 5.75 Å². The van der Waals surface area contributed by atoms with Gasteiger partial charge in [0.25, 0.3) is 0 Å². The van der Waals surface area contributed by atoms with Gasteiger partial charge in [0.1, 0.15) is 5.75 Å². The molecule has 1 amide bonds. The average molecular weight is 591 g/mol. The first-order chi connectivity index (χ1) is 20.1. The van der Waals surface area contributed by atoms with E-state index in [0.717, 1.165) is 84.0 Å². The number of hydrogen-bond acceptors (Lipinski definition) is 11. The summed E-state index contributed by atoms with van der Waals surface area (Å²) in [6, 6.07) is 13.4. The second kappa shape index (κ2) is 12.9. The molecule has 0 unspecified atom stereocenters. The highest BCUT2D eigenvalue weighted by molar-refractivity contribution is 8.01. The van der Waals surface area contributed by atoms with Crippen LogP contribution in [0, 0.1) is 0 Å². The van der Waals surface area contributed by atoms with Crippen molar-refractivity contribution in [3.05, 3.63) is 42.5 Å². The van der Waals surface area contributed by atoms with Gasteiger partial charge in [-0.25, -0.2) is 4.98 Å². The van der Waals surface area contributed by atoms with Gasteiger partial charge in [0.05, 0.1) is 28.8 Å². The number of methoxy groups -OCH3 is 1. The van der Waals surface area contributed by atoms with Crippen LogP contribution in [-0.2, 0) is 4.79 Å². The molecule has 12 heteroatoms. The topological polar surface area (TPSA) is 108 Å². The summed E-state index contributed by atoms with van der Waals surface area (Å²) in [7, 11) is 1.59. The van der Waals surface area contributed by atoms with Crippen molar-refractivity contribution in [1.29, 1.82) is 0 Å². The number of benzene rings is 2. The number of anilines is 5. The van der Waals surface area contributed by atoms with Gasteiger partial charge in [0.2, 0.25) is 23.8 Å². The maximum Gasteiger partial charge on any atom is 0.234 e. The summed E-state index contributed by atoms with van der Waals surface area (Å²) in [6.45, 7) is 3.92. The van der Waals surface area contributed by atoms with Gasteiger partial charge >= 0.3 is 0 Å². The molecule has 2 saturated heterocycles. The lowest BCUT2D eigenvalue weighted by Crippen LogP contribution is -2.34. The van der Waals surface area contributed by atoms with E-state index in [2.05, 4.69) is 26.5 Å². The van der Waals surface area contributed by atoms with Gasteiger partial charge < -0.3 is 25.2 Å². The van der Waals surface area contributed by atoms with Crippen LogP contribution in [0.2, 0.25) is 0 Å². The molecule has 4 aromatic rings. The van der Waals surface area contributed by atoms with Crippen LogP contribution in [0.25, 0.3) is 10.2 Å². The Morgan fingerprint density at radius 1 is 0.902 bits per heavy atom. The highest BCUT2D eigenvalue weighted by Gasteiger charge is 2.20. The molecule has 2 aliphatic rings. The summed E-state index contributed by atoms with van der Waals surface area (Å²) in [5.74, 6) is 2.86. The van der Waals surface area contributed by atoms with Crippen molar-refractivity contribution in [3.63, 3.8) is 0 Å². The van der Waals surface area contributed by atoms with E-state index < -0.39 is 0 Å². The second-order valence-corrected chi connectivity index (χ2v) is 12.4. The van der Waals surface area contributed by atoms with Crippen molar-refractivity contribution in [1.82, 2.24) is 19.9 Å². The number of carbonyl (C=O) groups excluding carboxylic acids is 1. The zero-order chi connectivity index (χ0) is 28.0. The van der Waals surface area contributed by atoms with E-state index in [1.54, 1.807) is 18.4 Å². The van der Waals surface area contributed by atoms with E-state index >= 15 is 0 Å². The third-order valence-corrected chi connectivity index (χ3v) is 9.38. The molecule has 0 spiro atoms. The zero-order valence-electron chi connectivity index (χ0n) is 23.1. The van der Waals surface area contributed by atoms with Crippen molar-refractivity contribution in [2.45, 2.75) is 42.9 Å². The molecular weight excluding hydrogens is 557 g/mol. The van der Waals surface area contributed by atoms with Crippen LogP contribution < -0.4 is 25.2 Å². The van der Waals surface area contributed by atoms with Crippen LogP contribution in [0.5, 0.6) is 5.75 Å². The van der Waals surface area contributed by atoms with Crippen molar-refractivity contribution >= 4 is 68.4 Å². The van der Waals surface area contributed by atoms with Gasteiger partial charge in [-0.2, -0.15) is 15.0 Å². The van der Waals surface area contributed by atoms with Crippen LogP contribution in [0.3, 0.4) is 0 Å². The Bertz CT molecular complexity index is 1470. The van der Waals surface area contributed by atoms with E-state index in [-0.39, 0.29) is 11.7 Å². The number of nitrogens with one attached hydrogen (secondary N) is 2. The number of carbonyl (C=O) groups is 1. The van der Waals surface area contributed by atoms with Crippen molar-refractivity contribution in [2.24, 2.45) is 0 Å². The zero-order valence-corrected chi connectivity index (χ0v) is 24.8. The van der Waals surface area contributed by atoms with Gasteiger partial charge in [-0.05, 0) is 68.9 Å². The first-order valence-electron chi connectivity index (χ1n) is 14.1. The number of ether oxygens (including phenoxy) is 1. The number of piperidine rings is 2. The number of amides is 1. The van der Waals surface area contributed by atoms with Crippen molar-refractivity contribution in [2.75, 3.05) is 59.5 Å². The molecule has 41 heavy (non-hydrogen) atoms. The largest absolute Gasteiger partial charge is 0.495 e. The Kier molecular flexibility index (Phi) is 8.66. The quantitative estimate of drug-likeness (QED) is 0.227. The molecule has 2 fully saturated rings. The van der Waals surface area contributed by atoms with Crippen molar-refractivity contribution < 1.29 is 9.53 Å². The molecule has 0 bridgehead atoms. The van der Waals surface area contributed by atoms with Gasteiger partial charge in [-0.15, -0.1) is 11.3 Å². The lowest BCUT2D eigenvalue weighted by Gasteiger charge is -2.30. The molecular formula is C29H34N8O2S2. The van der Waals surface area contributed by atoms with Crippen LogP contribution >= 0.6 is 23.1 Å². The molecule has 0 saturated carbocycles. The monoisotopic (exact) mass is 590 g/mol. The second-order valence-electron chi connectivity index (χ2n) is 10.2. The Morgan fingerprint density at radius 2 is 1.59 bits per heavy atom. The summed E-state index contributed by atoms with van der Waals surface area (Å²) in [6.07, 6.45) is 7.17. The highest BCUT2D eigenvalue weighted by Crippen LogP contribution is 2.33. The van der Waals surface area contributed by atoms with Crippen LogP contribution in [0.1, 0.15) is 38.5 Å². The highest BCUT2D eigenvalue weighted by atomic mass is 32.2. The minimum Gasteiger partial charge on any atom is -0.495 e. The van der Waals surface area contributed by atoms with Gasteiger partial charge in [0, 0.05) is 31.9 Å². The van der Waals surface area contributed by atoms with Gasteiger partial charge in [0.15, 0.2) is 4.34 Å². The molecule has 0 aliphatic carbocycles. The van der Waals surface area contributed by atoms with Crippen LogP contribution in [0.15, 0.2) is 46.8 Å². The van der Waals surface area contributed by atoms with Gasteiger partial charge in [-0.1, -0.05) is 23.9 Å².